The number of nitrogens with zero attached hydrogens (tertiary/aromatic N) is 1. The van der Waals surface area contributed by atoms with E-state index in [1.54, 1.807) is 60.2 Å². The van der Waals surface area contributed by atoms with Gasteiger partial charge in [-0.05, 0) is 29.3 Å². The number of thiophene rings is 1. The molecule has 132 valence electrons. The van der Waals surface area contributed by atoms with Gasteiger partial charge in [0.25, 0.3) is 10.0 Å². The molecule has 4 rings (SSSR count). The van der Waals surface area contributed by atoms with Crippen molar-refractivity contribution in [1.82, 2.24) is 9.97 Å². The molecule has 0 saturated carbocycles. The average molecular weight is 404 g/mol. The molecular formula is C17H13N3O3S3. The number of hydrogen-bond donors (Lipinski definition) is 3. The van der Waals surface area contributed by atoms with Crippen LogP contribution in [0.25, 0.3) is 10.8 Å². The van der Waals surface area contributed by atoms with E-state index in [-0.39, 0.29) is 9.96 Å². The Morgan fingerprint density at radius 2 is 1.96 bits per heavy atom. The zero-order valence-corrected chi connectivity index (χ0v) is 15.7. The molecule has 26 heavy (non-hydrogen) atoms. The number of phenolic OH excluding ortho intramolecular Hbond substituents is 1. The monoisotopic (exact) mass is 403 g/mol. The van der Waals surface area contributed by atoms with Crippen molar-refractivity contribution in [2.24, 2.45) is 0 Å². The summed E-state index contributed by atoms with van der Waals surface area (Å²) in [6.07, 6.45) is 3.29. The van der Waals surface area contributed by atoms with Crippen LogP contribution in [0.15, 0.2) is 74.5 Å². The summed E-state index contributed by atoms with van der Waals surface area (Å²) in [6, 6.07) is 12.0. The maximum Gasteiger partial charge on any atom is 0.271 e. The molecular weight excluding hydrogens is 390 g/mol. The average Bonchev–Trinajstić information content (AvgIpc) is 3.33. The Morgan fingerprint density at radius 3 is 2.65 bits per heavy atom. The van der Waals surface area contributed by atoms with E-state index in [9.17, 15) is 13.5 Å². The van der Waals surface area contributed by atoms with Gasteiger partial charge in [0.2, 0.25) is 0 Å². The lowest BCUT2D eigenvalue weighted by Gasteiger charge is -2.13. The number of fused-ring (bicyclic) bond motifs is 1. The Labute approximate surface area is 158 Å². The molecule has 0 saturated heterocycles. The first kappa shape index (κ1) is 17.0. The highest BCUT2D eigenvalue weighted by Crippen LogP contribution is 2.42. The van der Waals surface area contributed by atoms with Crippen LogP contribution in [0, 0.1) is 0 Å². The van der Waals surface area contributed by atoms with Crippen LogP contribution in [-0.4, -0.2) is 23.5 Å². The lowest BCUT2D eigenvalue weighted by molar-refractivity contribution is 0.469. The van der Waals surface area contributed by atoms with Crippen molar-refractivity contribution < 1.29 is 13.5 Å². The molecule has 6 nitrogen and oxygen atoms in total. The predicted octanol–water partition coefficient (Wildman–Crippen LogP) is 4.28. The third-order valence-electron chi connectivity index (χ3n) is 3.67. The number of aromatic amines is 1. The van der Waals surface area contributed by atoms with Crippen molar-refractivity contribution >= 4 is 49.6 Å². The Morgan fingerprint density at radius 1 is 1.15 bits per heavy atom. The first-order chi connectivity index (χ1) is 12.5. The van der Waals surface area contributed by atoms with E-state index in [0.717, 1.165) is 11.3 Å². The molecule has 0 amide bonds. The molecule has 0 spiro atoms. The van der Waals surface area contributed by atoms with Gasteiger partial charge in [-0.1, -0.05) is 30.3 Å². The zero-order chi connectivity index (χ0) is 18.1. The molecule has 0 radical (unpaired) electrons. The number of anilines is 1. The standard InChI is InChI=1S/C17H13N3O3S3/c21-16-12-5-2-1-4-11(12)13(10-14(16)25-17-18-7-8-19-17)20-26(22,23)15-6-3-9-24-15/h1-10,20-21H,(H,18,19). The molecule has 0 fully saturated rings. The topological polar surface area (TPSA) is 95.1 Å². The first-order valence-electron chi connectivity index (χ1n) is 7.53. The van der Waals surface area contributed by atoms with E-state index in [1.165, 1.54) is 11.8 Å². The number of rotatable bonds is 5. The molecule has 9 heteroatoms. The Bertz CT molecular complexity index is 1150. The summed E-state index contributed by atoms with van der Waals surface area (Å²) in [5.41, 5.74) is 0.404. The van der Waals surface area contributed by atoms with Crippen LogP contribution < -0.4 is 4.72 Å². The quantitative estimate of drug-likeness (QED) is 0.432. The number of aromatic hydroxyl groups is 1. The second-order valence-corrected chi connectivity index (χ2v) is 9.24. The van der Waals surface area contributed by atoms with Crippen molar-refractivity contribution in [3.05, 3.63) is 60.2 Å². The molecule has 2 aromatic carbocycles. The van der Waals surface area contributed by atoms with E-state index in [0.29, 0.717) is 26.5 Å². The minimum Gasteiger partial charge on any atom is -0.506 e. The van der Waals surface area contributed by atoms with Crippen LogP contribution in [0.2, 0.25) is 0 Å². The summed E-state index contributed by atoms with van der Waals surface area (Å²) in [6.45, 7) is 0. The smallest absolute Gasteiger partial charge is 0.271 e. The fraction of sp³-hybridized carbons (Fsp3) is 0. The second-order valence-electron chi connectivity index (χ2n) is 5.35. The van der Waals surface area contributed by atoms with Gasteiger partial charge in [0, 0.05) is 23.2 Å². The van der Waals surface area contributed by atoms with E-state index >= 15 is 0 Å². The number of imidazole rings is 1. The number of benzene rings is 2. The van der Waals surface area contributed by atoms with Crippen LogP contribution in [-0.2, 0) is 10.0 Å². The largest absolute Gasteiger partial charge is 0.506 e. The number of sulfonamides is 1. The Kier molecular flexibility index (Phi) is 4.35. The number of phenols is 1. The molecule has 2 heterocycles. The molecule has 0 atom stereocenters. The van der Waals surface area contributed by atoms with Crippen molar-refractivity contribution in [2.75, 3.05) is 4.72 Å². The van der Waals surface area contributed by atoms with Gasteiger partial charge >= 0.3 is 0 Å². The van der Waals surface area contributed by atoms with Gasteiger partial charge in [-0.15, -0.1) is 11.3 Å². The summed E-state index contributed by atoms with van der Waals surface area (Å²) in [7, 11) is -3.70. The second kappa shape index (κ2) is 6.67. The van der Waals surface area contributed by atoms with Gasteiger partial charge in [-0.2, -0.15) is 0 Å². The molecule has 0 aliphatic carbocycles. The molecule has 0 unspecified atom stereocenters. The van der Waals surface area contributed by atoms with Crippen LogP contribution in [0.3, 0.4) is 0 Å². The summed E-state index contributed by atoms with van der Waals surface area (Å²) in [5.74, 6) is 0.0843. The highest BCUT2D eigenvalue weighted by molar-refractivity contribution is 7.99. The maximum absolute atomic E-state index is 12.6. The van der Waals surface area contributed by atoms with Gasteiger partial charge in [0.05, 0.1) is 10.6 Å². The number of hydrogen-bond acceptors (Lipinski definition) is 6. The molecule has 0 bridgehead atoms. The van der Waals surface area contributed by atoms with Crippen LogP contribution in [0.1, 0.15) is 0 Å². The van der Waals surface area contributed by atoms with E-state index in [1.807, 2.05) is 0 Å². The minimum absolute atomic E-state index is 0.0843. The van der Waals surface area contributed by atoms with Crippen LogP contribution in [0.4, 0.5) is 5.69 Å². The highest BCUT2D eigenvalue weighted by Gasteiger charge is 2.19. The summed E-state index contributed by atoms with van der Waals surface area (Å²) >= 11 is 2.37. The molecule has 4 aromatic rings. The van der Waals surface area contributed by atoms with E-state index in [4.69, 9.17) is 0 Å². The molecule has 0 aliphatic rings. The van der Waals surface area contributed by atoms with Crippen LogP contribution in [0.5, 0.6) is 5.75 Å². The van der Waals surface area contributed by atoms with E-state index < -0.39 is 10.0 Å². The fourth-order valence-electron chi connectivity index (χ4n) is 2.52. The van der Waals surface area contributed by atoms with Gasteiger partial charge < -0.3 is 10.1 Å². The zero-order valence-electron chi connectivity index (χ0n) is 13.2. The summed E-state index contributed by atoms with van der Waals surface area (Å²) < 4.78 is 28.1. The van der Waals surface area contributed by atoms with Crippen molar-refractivity contribution in [2.45, 2.75) is 14.3 Å². The number of nitrogens with one attached hydrogen (secondary N) is 2. The van der Waals surface area contributed by atoms with Crippen molar-refractivity contribution in [1.29, 1.82) is 0 Å². The van der Waals surface area contributed by atoms with E-state index in [2.05, 4.69) is 14.7 Å². The van der Waals surface area contributed by atoms with Crippen molar-refractivity contribution in [3.63, 3.8) is 0 Å². The van der Waals surface area contributed by atoms with Crippen LogP contribution >= 0.6 is 23.1 Å². The Balaban J connectivity index is 1.84. The van der Waals surface area contributed by atoms with Gasteiger partial charge in [0.1, 0.15) is 9.96 Å². The minimum atomic E-state index is -3.70. The normalized spacial score (nSPS) is 11.7. The molecule has 3 N–H and O–H groups in total. The fourth-order valence-corrected chi connectivity index (χ4v) is 5.41. The number of aromatic nitrogens is 2. The molecule has 2 aromatic heterocycles. The SMILES string of the molecule is O=S(=O)(Nc1cc(Sc2ncc[nH]2)c(O)c2ccccc12)c1cccs1. The summed E-state index contributed by atoms with van der Waals surface area (Å²) in [4.78, 5) is 7.59. The molecule has 0 aliphatic heterocycles. The third-order valence-corrected chi connectivity index (χ3v) is 7.38. The van der Waals surface area contributed by atoms with Crippen molar-refractivity contribution in [3.8, 4) is 5.75 Å². The van der Waals surface area contributed by atoms with Gasteiger partial charge in [-0.3, -0.25) is 4.72 Å². The predicted molar refractivity (Wildman–Crippen MR) is 103 cm³/mol. The highest BCUT2D eigenvalue weighted by atomic mass is 32.2. The van der Waals surface area contributed by atoms with Gasteiger partial charge in [0.15, 0.2) is 5.16 Å². The Hall–Kier alpha value is -2.49. The maximum atomic E-state index is 12.6. The summed E-state index contributed by atoms with van der Waals surface area (Å²) in [5, 5.41) is 14.1. The first-order valence-corrected chi connectivity index (χ1v) is 10.7. The third kappa shape index (κ3) is 3.16. The van der Waals surface area contributed by atoms with Gasteiger partial charge in [-0.25, -0.2) is 13.4 Å². The number of H-pyrrole nitrogens is 1. The lowest BCUT2D eigenvalue weighted by atomic mass is 10.1. The lowest BCUT2D eigenvalue weighted by Crippen LogP contribution is -2.11.